The summed E-state index contributed by atoms with van der Waals surface area (Å²) in [6, 6.07) is 3.77. The molecule has 0 unspecified atom stereocenters. The molecule has 0 fully saturated rings. The van der Waals surface area contributed by atoms with Gasteiger partial charge in [-0.25, -0.2) is 0 Å². The van der Waals surface area contributed by atoms with Gasteiger partial charge in [0.15, 0.2) is 0 Å². The summed E-state index contributed by atoms with van der Waals surface area (Å²) in [5, 5.41) is 3.76. The number of nitrogens with zero attached hydrogens (tertiary/aromatic N) is 2. The van der Waals surface area contributed by atoms with Crippen molar-refractivity contribution in [2.24, 2.45) is 0 Å². The van der Waals surface area contributed by atoms with Crippen molar-refractivity contribution in [3.8, 4) is 11.1 Å². The molecule has 0 amide bonds. The van der Waals surface area contributed by atoms with Crippen molar-refractivity contribution in [1.29, 1.82) is 0 Å². The van der Waals surface area contributed by atoms with E-state index in [0.717, 1.165) is 16.8 Å². The number of pyridine rings is 1. The first kappa shape index (κ1) is 7.79. The summed E-state index contributed by atoms with van der Waals surface area (Å²) in [5.74, 6) is 0.338. The topological polar surface area (TPSA) is 64.9 Å². The molecule has 0 aliphatic rings. The molecule has 2 N–H and O–H groups in total. The molecule has 0 aliphatic carbocycles. The fourth-order valence-corrected chi connectivity index (χ4v) is 1.25. The monoisotopic (exact) mass is 175 g/mol. The van der Waals surface area contributed by atoms with E-state index in [1.54, 1.807) is 12.4 Å². The number of hydrogen-bond donors (Lipinski definition) is 1. The highest BCUT2D eigenvalue weighted by Gasteiger charge is 2.11. The van der Waals surface area contributed by atoms with Crippen LogP contribution in [-0.2, 0) is 0 Å². The molecule has 0 spiro atoms. The number of rotatable bonds is 1. The maximum atomic E-state index is 5.62. The van der Waals surface area contributed by atoms with Crippen molar-refractivity contribution >= 4 is 5.88 Å². The molecule has 13 heavy (non-hydrogen) atoms. The fraction of sp³-hybridized carbons (Fsp3) is 0.111. The quantitative estimate of drug-likeness (QED) is 0.715. The molecule has 4 heteroatoms. The van der Waals surface area contributed by atoms with Crippen LogP contribution >= 0.6 is 0 Å². The number of nitrogen functional groups attached to an aromatic ring is 1. The summed E-state index contributed by atoms with van der Waals surface area (Å²) in [6.45, 7) is 1.85. The maximum absolute atomic E-state index is 5.62. The van der Waals surface area contributed by atoms with E-state index < -0.39 is 0 Å². The van der Waals surface area contributed by atoms with Gasteiger partial charge in [0.1, 0.15) is 0 Å². The van der Waals surface area contributed by atoms with Gasteiger partial charge in [-0.05, 0) is 13.0 Å². The molecule has 2 aromatic rings. The number of aromatic nitrogens is 2. The minimum Gasteiger partial charge on any atom is -0.367 e. The molecular formula is C9H9N3O. The van der Waals surface area contributed by atoms with Gasteiger partial charge in [-0.1, -0.05) is 11.2 Å². The Balaban J connectivity index is 2.59. The van der Waals surface area contributed by atoms with Gasteiger partial charge < -0.3 is 10.3 Å². The molecule has 0 aliphatic heterocycles. The van der Waals surface area contributed by atoms with Crippen molar-refractivity contribution < 1.29 is 4.52 Å². The molecule has 0 saturated carbocycles. The third kappa shape index (κ3) is 1.26. The molecule has 0 atom stereocenters. The Hall–Kier alpha value is -1.84. The average molecular weight is 175 g/mol. The summed E-state index contributed by atoms with van der Waals surface area (Å²) >= 11 is 0. The smallest absolute Gasteiger partial charge is 0.230 e. The lowest BCUT2D eigenvalue weighted by atomic mass is 10.1. The largest absolute Gasteiger partial charge is 0.367 e. The van der Waals surface area contributed by atoms with Crippen LogP contribution in [0.2, 0.25) is 0 Å². The van der Waals surface area contributed by atoms with Crippen LogP contribution in [0.3, 0.4) is 0 Å². The third-order valence-electron chi connectivity index (χ3n) is 1.84. The Morgan fingerprint density at radius 2 is 2.31 bits per heavy atom. The van der Waals surface area contributed by atoms with E-state index >= 15 is 0 Å². The van der Waals surface area contributed by atoms with Gasteiger partial charge in [0.05, 0.1) is 11.3 Å². The third-order valence-corrected chi connectivity index (χ3v) is 1.84. The normalized spacial score (nSPS) is 10.2. The second kappa shape index (κ2) is 2.90. The first-order valence-electron chi connectivity index (χ1n) is 3.91. The SMILES string of the molecule is Cc1noc(N)c1-c1cccnc1. The Morgan fingerprint density at radius 3 is 2.85 bits per heavy atom. The lowest BCUT2D eigenvalue weighted by Gasteiger charge is -1.96. The lowest BCUT2D eigenvalue weighted by Crippen LogP contribution is -1.86. The fourth-order valence-electron chi connectivity index (χ4n) is 1.25. The molecule has 2 rings (SSSR count). The van der Waals surface area contributed by atoms with Crippen molar-refractivity contribution in [3.05, 3.63) is 30.2 Å². The van der Waals surface area contributed by atoms with E-state index in [1.165, 1.54) is 0 Å². The zero-order chi connectivity index (χ0) is 9.26. The summed E-state index contributed by atoms with van der Waals surface area (Å²) in [7, 11) is 0. The first-order valence-corrected chi connectivity index (χ1v) is 3.91. The Labute approximate surface area is 75.4 Å². The Bertz CT molecular complexity index is 389. The number of hydrogen-bond acceptors (Lipinski definition) is 4. The molecule has 66 valence electrons. The van der Waals surface area contributed by atoms with Crippen LogP contribution in [0.15, 0.2) is 29.0 Å². The summed E-state index contributed by atoms with van der Waals surface area (Å²) in [4.78, 5) is 4.00. The van der Waals surface area contributed by atoms with Crippen molar-refractivity contribution in [2.75, 3.05) is 5.73 Å². The minimum absolute atomic E-state index is 0.338. The molecule has 0 radical (unpaired) electrons. The molecule has 2 heterocycles. The van der Waals surface area contributed by atoms with E-state index in [-0.39, 0.29) is 0 Å². The first-order chi connectivity index (χ1) is 6.29. The van der Waals surface area contributed by atoms with Crippen LogP contribution in [0.25, 0.3) is 11.1 Å². The van der Waals surface area contributed by atoms with E-state index in [2.05, 4.69) is 10.1 Å². The summed E-state index contributed by atoms with van der Waals surface area (Å²) < 4.78 is 4.85. The average Bonchev–Trinajstić information content (AvgIpc) is 2.48. The number of anilines is 1. The highest BCUT2D eigenvalue weighted by molar-refractivity contribution is 5.73. The van der Waals surface area contributed by atoms with Crippen molar-refractivity contribution in [3.63, 3.8) is 0 Å². The number of aryl methyl sites for hydroxylation is 1. The standard InChI is InChI=1S/C9H9N3O/c1-6-8(9(10)13-12-6)7-3-2-4-11-5-7/h2-5H,10H2,1H3. The van der Waals surface area contributed by atoms with E-state index in [9.17, 15) is 0 Å². The van der Waals surface area contributed by atoms with Crippen LogP contribution in [0.1, 0.15) is 5.69 Å². The predicted octanol–water partition coefficient (Wildman–Crippen LogP) is 1.63. The predicted molar refractivity (Wildman–Crippen MR) is 48.9 cm³/mol. The Morgan fingerprint density at radius 1 is 1.46 bits per heavy atom. The highest BCUT2D eigenvalue weighted by Crippen LogP contribution is 2.27. The molecule has 2 aromatic heterocycles. The summed E-state index contributed by atoms with van der Waals surface area (Å²) in [6.07, 6.45) is 3.44. The zero-order valence-corrected chi connectivity index (χ0v) is 7.19. The van der Waals surface area contributed by atoms with Crippen LogP contribution in [-0.4, -0.2) is 10.1 Å². The van der Waals surface area contributed by atoms with Gasteiger partial charge in [-0.3, -0.25) is 4.98 Å². The maximum Gasteiger partial charge on any atom is 0.230 e. The van der Waals surface area contributed by atoms with Crippen LogP contribution in [0, 0.1) is 6.92 Å². The minimum atomic E-state index is 0.338. The molecule has 4 nitrogen and oxygen atoms in total. The van der Waals surface area contributed by atoms with E-state index in [1.807, 2.05) is 19.1 Å². The van der Waals surface area contributed by atoms with Crippen LogP contribution in [0.5, 0.6) is 0 Å². The van der Waals surface area contributed by atoms with Gasteiger partial charge in [-0.2, -0.15) is 0 Å². The van der Waals surface area contributed by atoms with Gasteiger partial charge in [0.2, 0.25) is 5.88 Å². The Kier molecular flexibility index (Phi) is 1.73. The lowest BCUT2D eigenvalue weighted by molar-refractivity contribution is 0.431. The van der Waals surface area contributed by atoms with Gasteiger partial charge in [0.25, 0.3) is 0 Å². The second-order valence-corrected chi connectivity index (χ2v) is 2.75. The molecule has 0 saturated heterocycles. The highest BCUT2D eigenvalue weighted by atomic mass is 16.5. The van der Waals surface area contributed by atoms with Crippen LogP contribution in [0.4, 0.5) is 5.88 Å². The second-order valence-electron chi connectivity index (χ2n) is 2.75. The molecule has 0 aromatic carbocycles. The van der Waals surface area contributed by atoms with Gasteiger partial charge in [-0.15, -0.1) is 0 Å². The van der Waals surface area contributed by atoms with Gasteiger partial charge >= 0.3 is 0 Å². The van der Waals surface area contributed by atoms with Crippen molar-refractivity contribution in [2.45, 2.75) is 6.92 Å². The van der Waals surface area contributed by atoms with Crippen LogP contribution < -0.4 is 5.73 Å². The van der Waals surface area contributed by atoms with Crippen molar-refractivity contribution in [1.82, 2.24) is 10.1 Å². The summed E-state index contributed by atoms with van der Waals surface area (Å²) in [5.41, 5.74) is 8.16. The van der Waals surface area contributed by atoms with E-state index in [4.69, 9.17) is 10.3 Å². The van der Waals surface area contributed by atoms with Gasteiger partial charge in [0, 0.05) is 18.0 Å². The molecular weight excluding hydrogens is 166 g/mol. The van der Waals surface area contributed by atoms with E-state index in [0.29, 0.717) is 5.88 Å². The zero-order valence-electron chi connectivity index (χ0n) is 7.19. The number of nitrogens with two attached hydrogens (primary N) is 1. The molecule has 0 bridgehead atoms.